The Hall–Kier alpha value is -1.81. The van der Waals surface area contributed by atoms with Gasteiger partial charge in [-0.05, 0) is 30.2 Å². The van der Waals surface area contributed by atoms with Crippen LogP contribution in [0.1, 0.15) is 25.5 Å². The van der Waals surface area contributed by atoms with Crippen LogP contribution in [0, 0.1) is 5.82 Å². The molecule has 0 amide bonds. The van der Waals surface area contributed by atoms with Gasteiger partial charge in [-0.25, -0.2) is 4.39 Å². The van der Waals surface area contributed by atoms with Gasteiger partial charge in [-0.15, -0.1) is 0 Å². The predicted molar refractivity (Wildman–Crippen MR) is 81.1 cm³/mol. The van der Waals surface area contributed by atoms with Crippen molar-refractivity contribution in [3.8, 4) is 11.1 Å². The van der Waals surface area contributed by atoms with Crippen LogP contribution in [0.4, 0.5) is 10.1 Å². The maximum Gasteiger partial charge on any atom is 0.256 e. The van der Waals surface area contributed by atoms with Crippen molar-refractivity contribution in [2.45, 2.75) is 19.8 Å². The molecule has 1 heterocycles. The van der Waals surface area contributed by atoms with E-state index in [0.29, 0.717) is 5.02 Å². The standard InChI is InChI=1S/C15H16ClFN2O/c1-8(2)14-13(18-3)7-11(15(20)19-14)10-6-9(16)4-5-12(10)17/h4-8,18H,1-3H3,(H,19,20). The van der Waals surface area contributed by atoms with Gasteiger partial charge in [-0.1, -0.05) is 25.4 Å². The van der Waals surface area contributed by atoms with E-state index in [0.717, 1.165) is 11.4 Å². The maximum atomic E-state index is 13.9. The molecule has 0 atom stereocenters. The molecule has 0 saturated heterocycles. The molecule has 0 spiro atoms. The number of hydrogen-bond acceptors (Lipinski definition) is 2. The summed E-state index contributed by atoms with van der Waals surface area (Å²) in [6.07, 6.45) is 0. The molecule has 0 saturated carbocycles. The van der Waals surface area contributed by atoms with E-state index in [-0.39, 0.29) is 22.6 Å². The number of benzene rings is 1. The summed E-state index contributed by atoms with van der Waals surface area (Å²) in [6, 6.07) is 5.82. The van der Waals surface area contributed by atoms with Crippen LogP contribution in [0.3, 0.4) is 0 Å². The van der Waals surface area contributed by atoms with Gasteiger partial charge in [0, 0.05) is 23.3 Å². The third kappa shape index (κ3) is 2.70. The second-order valence-electron chi connectivity index (χ2n) is 4.87. The van der Waals surface area contributed by atoms with Gasteiger partial charge < -0.3 is 10.3 Å². The van der Waals surface area contributed by atoms with E-state index in [9.17, 15) is 9.18 Å². The minimum atomic E-state index is -0.473. The minimum absolute atomic E-state index is 0.156. The fourth-order valence-electron chi connectivity index (χ4n) is 2.11. The first-order valence-corrected chi connectivity index (χ1v) is 6.72. The zero-order valence-corrected chi connectivity index (χ0v) is 12.3. The molecule has 0 fully saturated rings. The molecule has 2 aromatic rings. The van der Waals surface area contributed by atoms with E-state index >= 15 is 0 Å². The molecule has 0 aliphatic rings. The Labute approximate surface area is 121 Å². The number of hydrogen-bond donors (Lipinski definition) is 2. The smallest absolute Gasteiger partial charge is 0.256 e. The Bertz CT molecular complexity index is 695. The first kappa shape index (κ1) is 14.6. The Kier molecular flexibility index (Phi) is 4.14. The Morgan fingerprint density at radius 2 is 1.95 bits per heavy atom. The van der Waals surface area contributed by atoms with Crippen molar-refractivity contribution in [2.24, 2.45) is 0 Å². The zero-order valence-electron chi connectivity index (χ0n) is 11.6. The van der Waals surface area contributed by atoms with Crippen molar-refractivity contribution in [1.29, 1.82) is 0 Å². The largest absolute Gasteiger partial charge is 0.387 e. The first-order valence-electron chi connectivity index (χ1n) is 6.34. The fraction of sp³-hybridized carbons (Fsp3) is 0.267. The number of H-pyrrole nitrogens is 1. The SMILES string of the molecule is CNc1cc(-c2cc(Cl)ccc2F)c(=O)[nH]c1C(C)C. The van der Waals surface area contributed by atoms with Gasteiger partial charge in [-0.2, -0.15) is 0 Å². The molecule has 5 heteroatoms. The van der Waals surface area contributed by atoms with E-state index in [1.165, 1.54) is 18.2 Å². The number of rotatable bonds is 3. The summed E-state index contributed by atoms with van der Waals surface area (Å²) in [5, 5.41) is 3.41. The molecule has 20 heavy (non-hydrogen) atoms. The molecular formula is C15H16ClFN2O. The highest BCUT2D eigenvalue weighted by molar-refractivity contribution is 6.30. The second-order valence-corrected chi connectivity index (χ2v) is 5.30. The normalized spacial score (nSPS) is 10.9. The zero-order chi connectivity index (χ0) is 14.9. The molecule has 0 radical (unpaired) electrons. The van der Waals surface area contributed by atoms with Gasteiger partial charge in [0.05, 0.1) is 11.3 Å². The number of anilines is 1. The highest BCUT2D eigenvalue weighted by Crippen LogP contribution is 2.28. The summed E-state index contributed by atoms with van der Waals surface area (Å²) in [6.45, 7) is 3.96. The highest BCUT2D eigenvalue weighted by atomic mass is 35.5. The molecule has 106 valence electrons. The van der Waals surface area contributed by atoms with Crippen molar-refractivity contribution in [3.63, 3.8) is 0 Å². The molecule has 0 aliphatic carbocycles. The van der Waals surface area contributed by atoms with Crippen LogP contribution in [-0.4, -0.2) is 12.0 Å². The average molecular weight is 295 g/mol. The van der Waals surface area contributed by atoms with E-state index in [1.54, 1.807) is 13.1 Å². The summed E-state index contributed by atoms with van der Waals surface area (Å²) in [7, 11) is 1.76. The third-order valence-corrected chi connectivity index (χ3v) is 3.37. The van der Waals surface area contributed by atoms with E-state index in [4.69, 9.17) is 11.6 Å². The van der Waals surface area contributed by atoms with Gasteiger partial charge >= 0.3 is 0 Å². The lowest BCUT2D eigenvalue weighted by Gasteiger charge is -2.14. The molecule has 0 bridgehead atoms. The molecule has 1 aromatic heterocycles. The molecule has 2 N–H and O–H groups in total. The monoisotopic (exact) mass is 294 g/mol. The topological polar surface area (TPSA) is 44.9 Å². The Morgan fingerprint density at radius 3 is 2.55 bits per heavy atom. The lowest BCUT2D eigenvalue weighted by molar-refractivity contribution is 0.631. The van der Waals surface area contributed by atoms with Gasteiger partial charge in [0.2, 0.25) is 0 Å². The van der Waals surface area contributed by atoms with Gasteiger partial charge in [0.25, 0.3) is 5.56 Å². The van der Waals surface area contributed by atoms with Crippen molar-refractivity contribution < 1.29 is 4.39 Å². The minimum Gasteiger partial charge on any atom is -0.387 e. The van der Waals surface area contributed by atoms with E-state index < -0.39 is 5.82 Å². The summed E-state index contributed by atoms with van der Waals surface area (Å²) < 4.78 is 13.9. The summed E-state index contributed by atoms with van der Waals surface area (Å²) in [5.41, 5.74) is 1.70. The number of halogens is 2. The van der Waals surface area contributed by atoms with Crippen molar-refractivity contribution in [3.05, 3.63) is 51.2 Å². The van der Waals surface area contributed by atoms with Crippen LogP contribution in [0.15, 0.2) is 29.1 Å². The van der Waals surface area contributed by atoms with Gasteiger partial charge in [0.15, 0.2) is 0 Å². The summed E-state index contributed by atoms with van der Waals surface area (Å²) in [4.78, 5) is 15.0. The van der Waals surface area contributed by atoms with Gasteiger partial charge in [0.1, 0.15) is 5.82 Å². The highest BCUT2D eigenvalue weighted by Gasteiger charge is 2.15. The van der Waals surface area contributed by atoms with Gasteiger partial charge in [-0.3, -0.25) is 4.79 Å². The number of aromatic nitrogens is 1. The molecule has 2 rings (SSSR count). The number of aromatic amines is 1. The Morgan fingerprint density at radius 1 is 1.25 bits per heavy atom. The van der Waals surface area contributed by atoms with Crippen LogP contribution in [0.25, 0.3) is 11.1 Å². The molecule has 3 nitrogen and oxygen atoms in total. The van der Waals surface area contributed by atoms with Crippen LogP contribution < -0.4 is 10.9 Å². The van der Waals surface area contributed by atoms with Crippen LogP contribution in [0.5, 0.6) is 0 Å². The van der Waals surface area contributed by atoms with Crippen molar-refractivity contribution in [1.82, 2.24) is 4.98 Å². The second kappa shape index (κ2) is 5.67. The van der Waals surface area contributed by atoms with Crippen LogP contribution in [0.2, 0.25) is 5.02 Å². The number of nitrogens with one attached hydrogen (secondary N) is 2. The molecule has 1 aromatic carbocycles. The van der Waals surface area contributed by atoms with Crippen molar-refractivity contribution in [2.75, 3.05) is 12.4 Å². The van der Waals surface area contributed by atoms with Crippen LogP contribution >= 0.6 is 11.6 Å². The fourth-order valence-corrected chi connectivity index (χ4v) is 2.28. The quantitative estimate of drug-likeness (QED) is 0.899. The lowest BCUT2D eigenvalue weighted by atomic mass is 10.0. The molecule has 0 unspecified atom stereocenters. The van der Waals surface area contributed by atoms with E-state index in [1.807, 2.05) is 13.8 Å². The average Bonchev–Trinajstić information content (AvgIpc) is 2.41. The van der Waals surface area contributed by atoms with Crippen LogP contribution in [-0.2, 0) is 0 Å². The number of pyridine rings is 1. The maximum absolute atomic E-state index is 13.9. The van der Waals surface area contributed by atoms with Crippen molar-refractivity contribution >= 4 is 17.3 Å². The summed E-state index contributed by atoms with van der Waals surface area (Å²) >= 11 is 5.88. The molecular weight excluding hydrogens is 279 g/mol. The first-order chi connectivity index (χ1) is 9.43. The predicted octanol–water partition coefficient (Wildman–Crippen LogP) is 4.00. The Balaban J connectivity index is 2.69. The molecule has 0 aliphatic heterocycles. The summed E-state index contributed by atoms with van der Waals surface area (Å²) in [5.74, 6) is -0.317. The lowest BCUT2D eigenvalue weighted by Crippen LogP contribution is -2.15. The third-order valence-electron chi connectivity index (χ3n) is 3.14. The van der Waals surface area contributed by atoms with E-state index in [2.05, 4.69) is 10.3 Å².